The average Bonchev–Trinajstić information content (AvgIpc) is 2.80. The van der Waals surface area contributed by atoms with Crippen LogP contribution in [0.5, 0.6) is 0 Å². The van der Waals surface area contributed by atoms with Crippen LogP contribution in [0, 0.1) is 17.8 Å². The van der Waals surface area contributed by atoms with Gasteiger partial charge in [-0.1, -0.05) is 13.8 Å². The molecule has 0 aromatic rings. The lowest BCUT2D eigenvalue weighted by atomic mass is 9.99. The summed E-state index contributed by atoms with van der Waals surface area (Å²) in [5.74, 6) is -0.270. The molecule has 116 valence electrons. The van der Waals surface area contributed by atoms with Crippen molar-refractivity contribution >= 4 is 16.2 Å². The molecule has 2 fully saturated rings. The minimum Gasteiger partial charge on any atom is -0.469 e. The van der Waals surface area contributed by atoms with Crippen molar-refractivity contribution in [3.63, 3.8) is 0 Å². The Kier molecular flexibility index (Phi) is 4.71. The van der Waals surface area contributed by atoms with Crippen LogP contribution in [0.4, 0.5) is 0 Å². The molecule has 0 bridgehead atoms. The van der Waals surface area contributed by atoms with Crippen LogP contribution in [-0.4, -0.2) is 56.3 Å². The molecule has 2 heterocycles. The summed E-state index contributed by atoms with van der Waals surface area (Å²) in [5, 5.41) is 0. The summed E-state index contributed by atoms with van der Waals surface area (Å²) in [6.07, 6.45) is 1.98. The molecular formula is C13H24N2O4S. The number of methoxy groups -OCH3 is 1. The number of hydrogen-bond donors (Lipinski definition) is 0. The van der Waals surface area contributed by atoms with E-state index in [1.807, 2.05) is 6.92 Å². The van der Waals surface area contributed by atoms with Crippen LogP contribution >= 0.6 is 0 Å². The molecule has 0 aromatic carbocycles. The summed E-state index contributed by atoms with van der Waals surface area (Å²) in [6, 6.07) is 0. The summed E-state index contributed by atoms with van der Waals surface area (Å²) in [6.45, 7) is 5.77. The Morgan fingerprint density at radius 1 is 1.15 bits per heavy atom. The van der Waals surface area contributed by atoms with Crippen molar-refractivity contribution < 1.29 is 17.9 Å². The van der Waals surface area contributed by atoms with Crippen molar-refractivity contribution in [1.82, 2.24) is 8.61 Å². The molecule has 0 saturated carbocycles. The van der Waals surface area contributed by atoms with Crippen LogP contribution in [-0.2, 0) is 19.7 Å². The lowest BCUT2D eigenvalue weighted by molar-refractivity contribution is -0.145. The van der Waals surface area contributed by atoms with Crippen LogP contribution in [0.1, 0.15) is 26.7 Å². The first kappa shape index (κ1) is 15.7. The standard InChI is InChI=1S/C13H24N2O4S/c1-10-5-4-6-14(7-10)20(17,18)15-8-11(2)12(9-15)13(16)19-3/h10-12H,4-9H2,1-3H3. The second kappa shape index (κ2) is 5.99. The molecule has 0 amide bonds. The first-order valence-corrected chi connectivity index (χ1v) is 8.59. The van der Waals surface area contributed by atoms with Gasteiger partial charge in [-0.15, -0.1) is 0 Å². The average molecular weight is 304 g/mol. The van der Waals surface area contributed by atoms with Crippen molar-refractivity contribution in [2.24, 2.45) is 17.8 Å². The topological polar surface area (TPSA) is 66.9 Å². The smallest absolute Gasteiger partial charge is 0.310 e. The van der Waals surface area contributed by atoms with Crippen LogP contribution < -0.4 is 0 Å². The number of nitrogens with zero attached hydrogens (tertiary/aromatic N) is 2. The van der Waals surface area contributed by atoms with E-state index in [2.05, 4.69) is 6.92 Å². The number of hydrogen-bond acceptors (Lipinski definition) is 4. The fourth-order valence-electron chi connectivity index (χ4n) is 3.09. The summed E-state index contributed by atoms with van der Waals surface area (Å²) >= 11 is 0. The van der Waals surface area contributed by atoms with Crippen molar-refractivity contribution in [2.75, 3.05) is 33.3 Å². The number of ether oxygens (including phenoxy) is 1. The zero-order valence-corrected chi connectivity index (χ0v) is 13.2. The maximum atomic E-state index is 12.6. The zero-order valence-electron chi connectivity index (χ0n) is 12.4. The Labute approximate surface area is 121 Å². The summed E-state index contributed by atoms with van der Waals surface area (Å²) < 4.78 is 33.0. The molecule has 0 aromatic heterocycles. The van der Waals surface area contributed by atoms with E-state index in [1.165, 1.54) is 11.4 Å². The predicted molar refractivity (Wildman–Crippen MR) is 75.1 cm³/mol. The minimum absolute atomic E-state index is 0.000519. The second-order valence-electron chi connectivity index (χ2n) is 6.04. The van der Waals surface area contributed by atoms with Crippen molar-refractivity contribution in [2.45, 2.75) is 26.7 Å². The van der Waals surface area contributed by atoms with Gasteiger partial charge in [0.05, 0.1) is 13.0 Å². The Hall–Kier alpha value is -0.660. The van der Waals surface area contributed by atoms with E-state index in [9.17, 15) is 13.2 Å². The molecule has 2 rings (SSSR count). The largest absolute Gasteiger partial charge is 0.469 e. The first-order chi connectivity index (χ1) is 9.36. The van der Waals surface area contributed by atoms with Gasteiger partial charge in [0.1, 0.15) is 0 Å². The number of carbonyl (C=O) groups is 1. The molecule has 3 atom stereocenters. The van der Waals surface area contributed by atoms with Crippen molar-refractivity contribution in [3.8, 4) is 0 Å². The number of piperidine rings is 1. The van der Waals surface area contributed by atoms with Crippen LogP contribution in [0.2, 0.25) is 0 Å². The van der Waals surface area contributed by atoms with Crippen LogP contribution in [0.15, 0.2) is 0 Å². The number of carbonyl (C=O) groups excluding carboxylic acids is 1. The summed E-state index contributed by atoms with van der Waals surface area (Å²) in [7, 11) is -2.10. The molecule has 0 N–H and O–H groups in total. The third-order valence-corrected chi connectivity index (χ3v) is 6.29. The first-order valence-electron chi connectivity index (χ1n) is 7.19. The molecule has 2 aliphatic heterocycles. The van der Waals surface area contributed by atoms with E-state index in [-0.39, 0.29) is 24.3 Å². The molecule has 0 aliphatic carbocycles. The summed E-state index contributed by atoms with van der Waals surface area (Å²) in [4.78, 5) is 11.7. The highest BCUT2D eigenvalue weighted by Crippen LogP contribution is 2.29. The van der Waals surface area contributed by atoms with Crippen molar-refractivity contribution in [1.29, 1.82) is 0 Å². The van der Waals surface area contributed by atoms with Gasteiger partial charge in [0.25, 0.3) is 10.2 Å². The Morgan fingerprint density at radius 3 is 2.45 bits per heavy atom. The minimum atomic E-state index is -3.44. The Morgan fingerprint density at radius 2 is 1.85 bits per heavy atom. The predicted octanol–water partition coefficient (Wildman–Crippen LogP) is 0.704. The number of esters is 1. The molecule has 2 aliphatic rings. The third kappa shape index (κ3) is 2.99. The molecule has 0 spiro atoms. The lowest BCUT2D eigenvalue weighted by Crippen LogP contribution is -2.47. The lowest BCUT2D eigenvalue weighted by Gasteiger charge is -2.33. The van der Waals surface area contributed by atoms with Gasteiger partial charge >= 0.3 is 5.97 Å². The highest BCUT2D eigenvalue weighted by Gasteiger charge is 2.43. The quantitative estimate of drug-likeness (QED) is 0.720. The fraction of sp³-hybridized carbons (Fsp3) is 0.923. The highest BCUT2D eigenvalue weighted by molar-refractivity contribution is 7.86. The molecule has 7 heteroatoms. The van der Waals surface area contributed by atoms with E-state index < -0.39 is 10.2 Å². The Balaban J connectivity index is 2.09. The van der Waals surface area contributed by atoms with E-state index >= 15 is 0 Å². The molecule has 2 saturated heterocycles. The van der Waals surface area contributed by atoms with Gasteiger partial charge in [0.15, 0.2) is 0 Å². The number of rotatable bonds is 3. The van der Waals surface area contributed by atoms with E-state index in [0.717, 1.165) is 12.8 Å². The molecule has 0 radical (unpaired) electrons. The van der Waals surface area contributed by atoms with Gasteiger partial charge in [-0.25, -0.2) is 0 Å². The monoisotopic (exact) mass is 304 g/mol. The van der Waals surface area contributed by atoms with E-state index in [1.54, 1.807) is 4.31 Å². The van der Waals surface area contributed by atoms with E-state index in [4.69, 9.17) is 4.74 Å². The normalized spacial score (nSPS) is 33.2. The SMILES string of the molecule is COC(=O)C1CN(S(=O)(=O)N2CCCC(C)C2)CC1C. The second-order valence-corrected chi connectivity index (χ2v) is 7.97. The molecule has 3 unspecified atom stereocenters. The van der Waals surface area contributed by atoms with Gasteiger partial charge in [-0.05, 0) is 24.7 Å². The zero-order chi connectivity index (χ0) is 14.9. The van der Waals surface area contributed by atoms with Gasteiger partial charge in [-0.2, -0.15) is 17.0 Å². The van der Waals surface area contributed by atoms with E-state index in [0.29, 0.717) is 25.6 Å². The van der Waals surface area contributed by atoms with Gasteiger partial charge in [0, 0.05) is 26.2 Å². The maximum Gasteiger partial charge on any atom is 0.310 e. The fourth-order valence-corrected chi connectivity index (χ4v) is 4.99. The molecule has 20 heavy (non-hydrogen) atoms. The van der Waals surface area contributed by atoms with Gasteiger partial charge < -0.3 is 4.74 Å². The molecular weight excluding hydrogens is 280 g/mol. The Bertz CT molecular complexity index is 465. The van der Waals surface area contributed by atoms with Crippen LogP contribution in [0.3, 0.4) is 0 Å². The van der Waals surface area contributed by atoms with Gasteiger partial charge in [-0.3, -0.25) is 4.79 Å². The van der Waals surface area contributed by atoms with Crippen molar-refractivity contribution in [3.05, 3.63) is 0 Å². The maximum absolute atomic E-state index is 12.6. The molecule has 6 nitrogen and oxygen atoms in total. The highest BCUT2D eigenvalue weighted by atomic mass is 32.2. The third-order valence-electron chi connectivity index (χ3n) is 4.36. The van der Waals surface area contributed by atoms with Gasteiger partial charge in [0.2, 0.25) is 0 Å². The summed E-state index contributed by atoms with van der Waals surface area (Å²) in [5.41, 5.74) is 0. The van der Waals surface area contributed by atoms with Crippen LogP contribution in [0.25, 0.3) is 0 Å².